The number of rotatable bonds is 7. The minimum absolute atomic E-state index is 0.0312. The molecule has 1 N–H and O–H groups in total. The molecule has 0 aliphatic carbocycles. The number of hydrogen-bond donors (Lipinski definition) is 1. The highest BCUT2D eigenvalue weighted by molar-refractivity contribution is 7.80. The number of thiocarbonyl (C=S) groups is 1. The van der Waals surface area contributed by atoms with Crippen LogP contribution in [0.1, 0.15) is 39.2 Å². The normalized spacial score (nSPS) is 16.1. The molecule has 1 fully saturated rings. The van der Waals surface area contributed by atoms with Crippen molar-refractivity contribution in [2.24, 2.45) is 0 Å². The van der Waals surface area contributed by atoms with Gasteiger partial charge in [0.25, 0.3) is 5.91 Å². The molecule has 0 bridgehead atoms. The van der Waals surface area contributed by atoms with Gasteiger partial charge >= 0.3 is 0 Å². The van der Waals surface area contributed by atoms with E-state index in [2.05, 4.69) is 43.1 Å². The van der Waals surface area contributed by atoms with Crippen LogP contribution in [0.4, 0.5) is 5.69 Å². The van der Waals surface area contributed by atoms with Crippen LogP contribution in [0.25, 0.3) is 6.08 Å². The van der Waals surface area contributed by atoms with Crippen molar-refractivity contribution in [3.05, 3.63) is 35.5 Å². The summed E-state index contributed by atoms with van der Waals surface area (Å²) in [4.78, 5) is 16.3. The molecule has 1 amide bonds. The molecular formula is C18H25N3OS. The van der Waals surface area contributed by atoms with Gasteiger partial charge in [0.1, 0.15) is 5.70 Å². The maximum Gasteiger partial charge on any atom is 0.276 e. The van der Waals surface area contributed by atoms with Gasteiger partial charge in [-0.2, -0.15) is 0 Å². The maximum atomic E-state index is 12.4. The molecule has 0 spiro atoms. The summed E-state index contributed by atoms with van der Waals surface area (Å²) in [5, 5.41) is 3.54. The highest BCUT2D eigenvalue weighted by Crippen LogP contribution is 2.18. The summed E-state index contributed by atoms with van der Waals surface area (Å²) in [7, 11) is 0. The molecule has 1 saturated heterocycles. The van der Waals surface area contributed by atoms with Crippen LogP contribution in [-0.4, -0.2) is 35.6 Å². The zero-order chi connectivity index (χ0) is 16.8. The third-order valence-electron chi connectivity index (χ3n) is 4.03. The second kappa shape index (κ2) is 8.11. The Morgan fingerprint density at radius 3 is 2.39 bits per heavy atom. The number of benzene rings is 1. The fourth-order valence-electron chi connectivity index (χ4n) is 2.63. The molecular weight excluding hydrogens is 306 g/mol. The van der Waals surface area contributed by atoms with Gasteiger partial charge < -0.3 is 10.2 Å². The minimum Gasteiger partial charge on any atom is -0.372 e. The highest BCUT2D eigenvalue weighted by Gasteiger charge is 2.29. The number of amides is 1. The smallest absolute Gasteiger partial charge is 0.276 e. The Morgan fingerprint density at radius 2 is 1.83 bits per heavy atom. The summed E-state index contributed by atoms with van der Waals surface area (Å²) in [6.07, 6.45) is 3.87. The lowest BCUT2D eigenvalue weighted by Gasteiger charge is -2.20. The van der Waals surface area contributed by atoms with Crippen LogP contribution < -0.4 is 10.2 Å². The zero-order valence-corrected chi connectivity index (χ0v) is 14.9. The van der Waals surface area contributed by atoms with E-state index in [4.69, 9.17) is 12.2 Å². The monoisotopic (exact) mass is 331 g/mol. The van der Waals surface area contributed by atoms with Gasteiger partial charge in [0.05, 0.1) is 0 Å². The number of unbranched alkanes of at least 4 members (excludes halogenated alkanes) is 1. The van der Waals surface area contributed by atoms with Gasteiger partial charge in [0.15, 0.2) is 5.11 Å². The van der Waals surface area contributed by atoms with E-state index in [0.29, 0.717) is 17.4 Å². The molecule has 5 heteroatoms. The molecule has 23 heavy (non-hydrogen) atoms. The molecule has 0 atom stereocenters. The average molecular weight is 331 g/mol. The molecule has 124 valence electrons. The van der Waals surface area contributed by atoms with Crippen LogP contribution in [0.3, 0.4) is 0 Å². The van der Waals surface area contributed by atoms with Crippen molar-refractivity contribution in [3.63, 3.8) is 0 Å². The van der Waals surface area contributed by atoms with E-state index in [-0.39, 0.29) is 5.91 Å². The third-order valence-corrected chi connectivity index (χ3v) is 4.35. The molecule has 1 heterocycles. The van der Waals surface area contributed by atoms with Crippen LogP contribution in [0, 0.1) is 0 Å². The Balaban J connectivity index is 2.13. The predicted octanol–water partition coefficient (Wildman–Crippen LogP) is 3.39. The van der Waals surface area contributed by atoms with Crippen LogP contribution >= 0.6 is 12.2 Å². The van der Waals surface area contributed by atoms with Gasteiger partial charge in [-0.3, -0.25) is 9.69 Å². The van der Waals surface area contributed by atoms with Crippen LogP contribution in [0.2, 0.25) is 0 Å². The Kier molecular flexibility index (Phi) is 6.16. The molecule has 1 aromatic rings. The van der Waals surface area contributed by atoms with Gasteiger partial charge in [-0.15, -0.1) is 0 Å². The van der Waals surface area contributed by atoms with Crippen molar-refractivity contribution in [1.29, 1.82) is 0 Å². The topological polar surface area (TPSA) is 35.6 Å². The number of hydrogen-bond acceptors (Lipinski definition) is 3. The lowest BCUT2D eigenvalue weighted by Crippen LogP contribution is -2.31. The van der Waals surface area contributed by atoms with E-state index in [0.717, 1.165) is 31.5 Å². The minimum atomic E-state index is -0.0312. The molecule has 0 radical (unpaired) electrons. The maximum absolute atomic E-state index is 12.4. The van der Waals surface area contributed by atoms with Crippen molar-refractivity contribution in [1.82, 2.24) is 10.2 Å². The second-order valence-corrected chi connectivity index (χ2v) is 5.95. The number of carbonyl (C=O) groups excluding carboxylic acids is 1. The van der Waals surface area contributed by atoms with E-state index in [1.807, 2.05) is 18.2 Å². The summed E-state index contributed by atoms with van der Waals surface area (Å²) >= 11 is 5.26. The first-order valence-electron chi connectivity index (χ1n) is 8.30. The van der Waals surface area contributed by atoms with Gasteiger partial charge in [-0.05, 0) is 56.3 Å². The Morgan fingerprint density at radius 1 is 1.17 bits per heavy atom. The van der Waals surface area contributed by atoms with Crippen molar-refractivity contribution in [2.45, 2.75) is 33.6 Å². The fraction of sp³-hybridized carbons (Fsp3) is 0.444. The van der Waals surface area contributed by atoms with Crippen molar-refractivity contribution >= 4 is 35.0 Å². The highest BCUT2D eigenvalue weighted by atomic mass is 32.1. The van der Waals surface area contributed by atoms with E-state index in [9.17, 15) is 4.79 Å². The Hall–Kier alpha value is -1.88. The number of nitrogens with one attached hydrogen (secondary N) is 1. The first kappa shape index (κ1) is 17.5. The first-order valence-corrected chi connectivity index (χ1v) is 8.71. The number of carbonyl (C=O) groups is 1. The van der Waals surface area contributed by atoms with Crippen molar-refractivity contribution < 1.29 is 4.79 Å². The standard InChI is InChI=1S/C18H25N3OS/c1-4-7-12-21-17(22)16(19-18(21)23)13-14-8-10-15(11-9-14)20(5-2)6-3/h8-11,13H,4-7,12H2,1-3H3,(H,19,23). The van der Waals surface area contributed by atoms with Gasteiger partial charge in [0.2, 0.25) is 0 Å². The summed E-state index contributed by atoms with van der Waals surface area (Å²) < 4.78 is 0. The van der Waals surface area contributed by atoms with Crippen molar-refractivity contribution in [2.75, 3.05) is 24.5 Å². The number of anilines is 1. The van der Waals surface area contributed by atoms with E-state index in [1.54, 1.807) is 4.90 Å². The van der Waals surface area contributed by atoms with E-state index >= 15 is 0 Å². The van der Waals surface area contributed by atoms with E-state index < -0.39 is 0 Å². The summed E-state index contributed by atoms with van der Waals surface area (Å²) in [6.45, 7) is 9.04. The molecule has 0 unspecified atom stereocenters. The second-order valence-electron chi connectivity index (χ2n) is 5.56. The zero-order valence-electron chi connectivity index (χ0n) is 14.1. The fourth-order valence-corrected chi connectivity index (χ4v) is 2.91. The van der Waals surface area contributed by atoms with Gasteiger partial charge in [-0.25, -0.2) is 0 Å². The Bertz CT molecular complexity index is 591. The molecule has 0 aromatic heterocycles. The third kappa shape index (κ3) is 4.10. The molecule has 1 aromatic carbocycles. The van der Waals surface area contributed by atoms with E-state index in [1.165, 1.54) is 5.69 Å². The number of nitrogens with zero attached hydrogens (tertiary/aromatic N) is 2. The molecule has 4 nitrogen and oxygen atoms in total. The SMILES string of the molecule is CCCCN1C(=O)C(=Cc2ccc(N(CC)CC)cc2)NC1=S. The summed E-state index contributed by atoms with van der Waals surface area (Å²) in [5.41, 5.74) is 2.75. The largest absolute Gasteiger partial charge is 0.372 e. The average Bonchev–Trinajstić information content (AvgIpc) is 2.82. The predicted molar refractivity (Wildman–Crippen MR) is 100 cm³/mol. The summed E-state index contributed by atoms with van der Waals surface area (Å²) in [5.74, 6) is -0.0312. The molecule has 1 aliphatic heterocycles. The van der Waals surface area contributed by atoms with Crippen LogP contribution in [0.5, 0.6) is 0 Å². The molecule has 2 rings (SSSR count). The Labute approximate surface area is 144 Å². The molecule has 0 saturated carbocycles. The molecule has 1 aliphatic rings. The lowest BCUT2D eigenvalue weighted by molar-refractivity contribution is -0.122. The summed E-state index contributed by atoms with van der Waals surface area (Å²) in [6, 6.07) is 8.25. The lowest BCUT2D eigenvalue weighted by atomic mass is 10.1. The van der Waals surface area contributed by atoms with Crippen molar-refractivity contribution in [3.8, 4) is 0 Å². The van der Waals surface area contributed by atoms with Crippen LogP contribution in [0.15, 0.2) is 30.0 Å². The van der Waals surface area contributed by atoms with Gasteiger partial charge in [-0.1, -0.05) is 25.5 Å². The van der Waals surface area contributed by atoms with Gasteiger partial charge in [0, 0.05) is 25.3 Å². The quantitative estimate of drug-likeness (QED) is 0.614. The van der Waals surface area contributed by atoms with Crippen LogP contribution in [-0.2, 0) is 4.79 Å². The first-order chi connectivity index (χ1) is 11.1.